The maximum atomic E-state index is 13.2. The van der Waals surface area contributed by atoms with Crippen LogP contribution in [-0.4, -0.2) is 36.0 Å². The van der Waals surface area contributed by atoms with E-state index in [0.29, 0.717) is 6.54 Å². The number of hydrogen-bond acceptors (Lipinski definition) is 1. The van der Waals surface area contributed by atoms with Crippen LogP contribution in [0.4, 0.5) is 13.2 Å². The Kier molecular flexibility index (Phi) is 2.88. The molecule has 2 rings (SSSR count). The highest BCUT2D eigenvalue weighted by atomic mass is 19.3. The van der Waals surface area contributed by atoms with Gasteiger partial charge in [-0.25, -0.2) is 13.2 Å². The molecule has 0 aromatic heterocycles. The van der Waals surface area contributed by atoms with E-state index < -0.39 is 18.0 Å². The van der Waals surface area contributed by atoms with Crippen LogP contribution in [0.2, 0.25) is 0 Å². The lowest BCUT2D eigenvalue weighted by molar-refractivity contribution is -0.135. The van der Waals surface area contributed by atoms with Crippen LogP contribution < -0.4 is 0 Å². The largest absolute Gasteiger partial charge is 0.339 e. The summed E-state index contributed by atoms with van der Waals surface area (Å²) in [4.78, 5) is 13.3. The topological polar surface area (TPSA) is 20.3 Å². The van der Waals surface area contributed by atoms with E-state index in [1.54, 1.807) is 6.92 Å². The second-order valence-corrected chi connectivity index (χ2v) is 5.03. The molecule has 1 aliphatic carbocycles. The molecule has 1 saturated heterocycles. The average Bonchev–Trinajstić information content (AvgIpc) is 2.70. The van der Waals surface area contributed by atoms with Crippen molar-refractivity contribution >= 4 is 5.91 Å². The molecule has 92 valence electrons. The Balaban J connectivity index is 1.94. The quantitative estimate of drug-likeness (QED) is 0.682. The molecule has 1 aliphatic heterocycles. The predicted molar refractivity (Wildman–Crippen MR) is 52.9 cm³/mol. The molecule has 0 spiro atoms. The van der Waals surface area contributed by atoms with Crippen LogP contribution in [0.3, 0.4) is 0 Å². The van der Waals surface area contributed by atoms with Crippen LogP contribution in [-0.2, 0) is 4.79 Å². The maximum absolute atomic E-state index is 13.2. The number of likely N-dealkylation sites (tertiary alicyclic amines) is 1. The Hall–Kier alpha value is -0.740. The van der Waals surface area contributed by atoms with Gasteiger partial charge in [0.25, 0.3) is 0 Å². The third kappa shape index (κ3) is 2.18. The molecule has 0 radical (unpaired) electrons. The molecule has 2 fully saturated rings. The van der Waals surface area contributed by atoms with Gasteiger partial charge in [0.1, 0.15) is 6.17 Å². The van der Waals surface area contributed by atoms with Gasteiger partial charge in [-0.1, -0.05) is 6.92 Å². The number of hydrogen-bond donors (Lipinski definition) is 0. The van der Waals surface area contributed by atoms with Gasteiger partial charge in [-0.2, -0.15) is 0 Å². The summed E-state index contributed by atoms with van der Waals surface area (Å²) >= 11 is 0. The minimum Gasteiger partial charge on any atom is -0.339 e. The van der Waals surface area contributed by atoms with Gasteiger partial charge in [-0.15, -0.1) is 0 Å². The predicted octanol–water partition coefficient (Wildman–Crippen LogP) is 2.24. The van der Waals surface area contributed by atoms with E-state index in [9.17, 15) is 18.0 Å². The number of nitrogens with zero attached hydrogens (tertiary/aromatic N) is 1. The van der Waals surface area contributed by atoms with E-state index in [1.807, 2.05) is 0 Å². The smallest absolute Gasteiger partial charge is 0.248 e. The van der Waals surface area contributed by atoms with Gasteiger partial charge >= 0.3 is 0 Å². The van der Waals surface area contributed by atoms with Gasteiger partial charge in [0, 0.05) is 31.2 Å². The molecule has 5 heteroatoms. The summed E-state index contributed by atoms with van der Waals surface area (Å²) in [5.41, 5.74) is 0. The lowest BCUT2D eigenvalue weighted by atomic mass is 10.1. The second kappa shape index (κ2) is 3.93. The number of amides is 1. The summed E-state index contributed by atoms with van der Waals surface area (Å²) in [7, 11) is 0. The summed E-state index contributed by atoms with van der Waals surface area (Å²) in [6, 6.07) is 0. The Morgan fingerprint density at radius 3 is 2.50 bits per heavy atom. The average molecular weight is 235 g/mol. The van der Waals surface area contributed by atoms with E-state index in [-0.39, 0.29) is 37.6 Å². The Morgan fingerprint density at radius 1 is 1.38 bits per heavy atom. The standard InChI is InChI=1S/C11H16F3NO/c1-7-5-15(6-9(7)12)10(16)8-2-3-11(13,14)4-8/h7-9H,2-6H2,1H3/t7-,8?,9+/m1/s1. The SMILES string of the molecule is C[C@@H]1CN(C(=O)C2CCC(F)(F)C2)C[C@@H]1F. The van der Waals surface area contributed by atoms with Gasteiger partial charge in [-0.05, 0) is 6.42 Å². The minimum absolute atomic E-state index is 0.0715. The lowest BCUT2D eigenvalue weighted by Crippen LogP contribution is -2.34. The van der Waals surface area contributed by atoms with E-state index in [0.717, 1.165) is 0 Å². The van der Waals surface area contributed by atoms with Gasteiger partial charge in [0.15, 0.2) is 0 Å². The van der Waals surface area contributed by atoms with Crippen LogP contribution in [0.25, 0.3) is 0 Å². The van der Waals surface area contributed by atoms with E-state index >= 15 is 0 Å². The van der Waals surface area contributed by atoms with Crippen molar-refractivity contribution in [3.05, 3.63) is 0 Å². The van der Waals surface area contributed by atoms with Crippen molar-refractivity contribution in [3.8, 4) is 0 Å². The molecule has 2 nitrogen and oxygen atoms in total. The molecule has 3 atom stereocenters. The fourth-order valence-electron chi connectivity index (χ4n) is 2.53. The van der Waals surface area contributed by atoms with E-state index in [2.05, 4.69) is 0 Å². The number of halogens is 3. The summed E-state index contributed by atoms with van der Waals surface area (Å²) < 4.78 is 39.1. The Morgan fingerprint density at radius 2 is 2.06 bits per heavy atom. The molecular formula is C11H16F3NO. The Labute approximate surface area is 92.8 Å². The highest BCUT2D eigenvalue weighted by Crippen LogP contribution is 2.40. The molecule has 0 aromatic carbocycles. The first kappa shape index (κ1) is 11.7. The number of alkyl halides is 3. The minimum atomic E-state index is -2.71. The zero-order chi connectivity index (χ0) is 11.9. The first-order valence-corrected chi connectivity index (χ1v) is 5.70. The van der Waals surface area contributed by atoms with Crippen LogP contribution in [0.15, 0.2) is 0 Å². The molecule has 1 heterocycles. The summed E-state index contributed by atoms with van der Waals surface area (Å²) in [6.45, 7) is 2.17. The molecule has 2 aliphatic rings. The molecule has 0 aromatic rings. The monoisotopic (exact) mass is 235 g/mol. The van der Waals surface area contributed by atoms with Crippen molar-refractivity contribution in [1.29, 1.82) is 0 Å². The highest BCUT2D eigenvalue weighted by Gasteiger charge is 2.45. The summed E-state index contributed by atoms with van der Waals surface area (Å²) in [6.07, 6.45) is -1.36. The second-order valence-electron chi connectivity index (χ2n) is 5.03. The Bertz CT molecular complexity index is 281. The van der Waals surface area contributed by atoms with Gasteiger partial charge < -0.3 is 4.90 Å². The third-order valence-corrected chi connectivity index (χ3v) is 3.59. The third-order valence-electron chi connectivity index (χ3n) is 3.59. The molecule has 1 amide bonds. The van der Waals surface area contributed by atoms with Crippen molar-refractivity contribution in [3.63, 3.8) is 0 Å². The number of carbonyl (C=O) groups is 1. The zero-order valence-electron chi connectivity index (χ0n) is 9.26. The fraction of sp³-hybridized carbons (Fsp3) is 0.909. The van der Waals surface area contributed by atoms with Crippen molar-refractivity contribution in [2.75, 3.05) is 13.1 Å². The van der Waals surface area contributed by atoms with E-state index in [1.165, 1.54) is 4.90 Å². The molecule has 1 unspecified atom stereocenters. The molecule has 0 N–H and O–H groups in total. The van der Waals surface area contributed by atoms with Crippen LogP contribution in [0.1, 0.15) is 26.2 Å². The molecular weight excluding hydrogens is 219 g/mol. The van der Waals surface area contributed by atoms with Crippen molar-refractivity contribution < 1.29 is 18.0 Å². The summed E-state index contributed by atoms with van der Waals surface area (Å²) in [5.74, 6) is -3.77. The number of carbonyl (C=O) groups excluding carboxylic acids is 1. The van der Waals surface area contributed by atoms with Crippen LogP contribution in [0, 0.1) is 11.8 Å². The fourth-order valence-corrected chi connectivity index (χ4v) is 2.53. The molecule has 0 bridgehead atoms. The molecule has 1 saturated carbocycles. The lowest BCUT2D eigenvalue weighted by Gasteiger charge is -2.19. The van der Waals surface area contributed by atoms with Gasteiger partial charge in [0.2, 0.25) is 11.8 Å². The van der Waals surface area contributed by atoms with Crippen molar-refractivity contribution in [2.45, 2.75) is 38.3 Å². The zero-order valence-corrected chi connectivity index (χ0v) is 9.26. The highest BCUT2D eigenvalue weighted by molar-refractivity contribution is 5.79. The van der Waals surface area contributed by atoms with Crippen LogP contribution >= 0.6 is 0 Å². The summed E-state index contributed by atoms with van der Waals surface area (Å²) in [5, 5.41) is 0. The normalized spacial score (nSPS) is 38.0. The first-order valence-electron chi connectivity index (χ1n) is 5.70. The maximum Gasteiger partial charge on any atom is 0.248 e. The van der Waals surface area contributed by atoms with Gasteiger partial charge in [-0.3, -0.25) is 4.79 Å². The first-order chi connectivity index (χ1) is 7.39. The van der Waals surface area contributed by atoms with Gasteiger partial charge in [0.05, 0.1) is 6.54 Å². The van der Waals surface area contributed by atoms with Crippen molar-refractivity contribution in [1.82, 2.24) is 4.90 Å². The van der Waals surface area contributed by atoms with Crippen molar-refractivity contribution in [2.24, 2.45) is 11.8 Å². The molecule has 16 heavy (non-hydrogen) atoms. The number of rotatable bonds is 1. The van der Waals surface area contributed by atoms with E-state index in [4.69, 9.17) is 0 Å². The van der Waals surface area contributed by atoms with Crippen LogP contribution in [0.5, 0.6) is 0 Å².